The van der Waals surface area contributed by atoms with E-state index in [1.165, 1.54) is 0 Å². The first-order chi connectivity index (χ1) is 8.43. The lowest BCUT2D eigenvalue weighted by atomic mass is 10.2. The average Bonchev–Trinajstić information content (AvgIpc) is 2.23. The number of halogens is 3. The number of aliphatic hydroxyl groups is 1. The van der Waals surface area contributed by atoms with Crippen molar-refractivity contribution in [3.05, 3.63) is 28.2 Å². The molecule has 1 atom stereocenters. The molecule has 0 saturated heterocycles. The van der Waals surface area contributed by atoms with Gasteiger partial charge in [-0.2, -0.15) is 0 Å². The number of carbonyl (C=O) groups excluding carboxylic acids is 1. The van der Waals surface area contributed by atoms with E-state index in [1.54, 1.807) is 6.92 Å². The predicted octanol–water partition coefficient (Wildman–Crippen LogP) is 2.62. The molecule has 3 N–H and O–H groups in total. The molecule has 2 amide bonds. The van der Waals surface area contributed by atoms with Gasteiger partial charge in [0.2, 0.25) is 0 Å². The van der Waals surface area contributed by atoms with Gasteiger partial charge in [0.05, 0.1) is 0 Å². The number of urea groups is 1. The maximum absolute atomic E-state index is 13.4. The molecule has 0 saturated carbocycles. The summed E-state index contributed by atoms with van der Waals surface area (Å²) in [6, 6.07) is 1.08. The second kappa shape index (κ2) is 6.65. The zero-order chi connectivity index (χ0) is 13.7. The fraction of sp³-hybridized carbons (Fsp3) is 0.364. The van der Waals surface area contributed by atoms with Crippen LogP contribution >= 0.6 is 15.9 Å². The first-order valence-corrected chi connectivity index (χ1v) is 6.06. The van der Waals surface area contributed by atoms with Gasteiger partial charge in [-0.25, -0.2) is 13.6 Å². The second-order valence-electron chi connectivity index (χ2n) is 3.76. The highest BCUT2D eigenvalue weighted by molar-refractivity contribution is 9.10. The molecule has 1 aromatic rings. The van der Waals surface area contributed by atoms with Gasteiger partial charge < -0.3 is 15.7 Å². The lowest BCUT2D eigenvalue weighted by Gasteiger charge is -2.14. The van der Waals surface area contributed by atoms with Gasteiger partial charge in [-0.1, -0.05) is 15.9 Å². The van der Waals surface area contributed by atoms with Crippen LogP contribution in [0.4, 0.5) is 19.3 Å². The molecule has 0 aliphatic rings. The number of rotatable bonds is 4. The average molecular weight is 323 g/mol. The number of aliphatic hydroxyl groups excluding tert-OH is 1. The summed E-state index contributed by atoms with van der Waals surface area (Å²) < 4.78 is 27.1. The van der Waals surface area contributed by atoms with Crippen molar-refractivity contribution in [2.45, 2.75) is 19.4 Å². The predicted molar refractivity (Wildman–Crippen MR) is 67.4 cm³/mol. The molecular formula is C11H13BrF2N2O2. The van der Waals surface area contributed by atoms with Crippen molar-refractivity contribution >= 4 is 27.6 Å². The Morgan fingerprint density at radius 2 is 2.00 bits per heavy atom. The van der Waals surface area contributed by atoms with Gasteiger partial charge in [0, 0.05) is 17.1 Å². The highest BCUT2D eigenvalue weighted by Crippen LogP contribution is 2.23. The Hall–Kier alpha value is -1.21. The molecule has 0 bridgehead atoms. The molecule has 0 spiro atoms. The van der Waals surface area contributed by atoms with Gasteiger partial charge in [0.25, 0.3) is 0 Å². The smallest absolute Gasteiger partial charge is 0.319 e. The minimum absolute atomic E-state index is 0.0809. The minimum atomic E-state index is -0.869. The summed E-state index contributed by atoms with van der Waals surface area (Å²) in [5, 5.41) is 13.2. The Labute approximate surface area is 112 Å². The van der Waals surface area contributed by atoms with Crippen molar-refractivity contribution in [1.29, 1.82) is 0 Å². The van der Waals surface area contributed by atoms with E-state index in [4.69, 9.17) is 5.11 Å². The first kappa shape index (κ1) is 14.8. The van der Waals surface area contributed by atoms with Crippen LogP contribution in [0.15, 0.2) is 16.6 Å². The summed E-state index contributed by atoms with van der Waals surface area (Å²) in [6.45, 7) is 1.59. The Kier molecular flexibility index (Phi) is 5.49. The number of hydrogen-bond donors (Lipinski definition) is 3. The Bertz CT molecular complexity index is 420. The second-order valence-corrected chi connectivity index (χ2v) is 4.67. The molecule has 18 heavy (non-hydrogen) atoms. The lowest BCUT2D eigenvalue weighted by molar-refractivity contribution is 0.241. The quantitative estimate of drug-likeness (QED) is 0.798. The molecule has 0 aromatic heterocycles. The highest BCUT2D eigenvalue weighted by atomic mass is 79.9. The van der Waals surface area contributed by atoms with Gasteiger partial charge in [-0.05, 0) is 25.5 Å². The molecule has 0 fully saturated rings. The van der Waals surface area contributed by atoms with Crippen molar-refractivity contribution in [1.82, 2.24) is 5.32 Å². The number of nitrogens with one attached hydrogen (secondary N) is 2. The first-order valence-electron chi connectivity index (χ1n) is 5.27. The van der Waals surface area contributed by atoms with Gasteiger partial charge in [0.15, 0.2) is 11.6 Å². The van der Waals surface area contributed by atoms with Crippen LogP contribution in [-0.4, -0.2) is 23.8 Å². The summed E-state index contributed by atoms with van der Waals surface area (Å²) in [5.74, 6) is -1.74. The van der Waals surface area contributed by atoms with Crippen molar-refractivity contribution in [3.8, 4) is 0 Å². The lowest BCUT2D eigenvalue weighted by Crippen LogP contribution is -2.37. The molecule has 4 nitrogen and oxygen atoms in total. The molecule has 0 heterocycles. The van der Waals surface area contributed by atoms with Crippen LogP contribution in [0.3, 0.4) is 0 Å². The highest BCUT2D eigenvalue weighted by Gasteiger charge is 2.14. The van der Waals surface area contributed by atoms with E-state index in [9.17, 15) is 13.6 Å². The van der Waals surface area contributed by atoms with E-state index in [-0.39, 0.29) is 17.1 Å². The van der Waals surface area contributed by atoms with E-state index in [0.717, 1.165) is 12.1 Å². The molecule has 0 radical (unpaired) electrons. The number of carbonyl (C=O) groups is 1. The van der Waals surface area contributed by atoms with E-state index in [1.807, 2.05) is 0 Å². The minimum Gasteiger partial charge on any atom is -0.396 e. The van der Waals surface area contributed by atoms with Crippen molar-refractivity contribution in [3.63, 3.8) is 0 Å². The number of hydrogen-bond acceptors (Lipinski definition) is 2. The van der Waals surface area contributed by atoms with E-state index in [2.05, 4.69) is 26.6 Å². The normalized spacial score (nSPS) is 12.1. The van der Waals surface area contributed by atoms with E-state index in [0.29, 0.717) is 6.42 Å². The Morgan fingerprint density at radius 1 is 1.44 bits per heavy atom. The van der Waals surface area contributed by atoms with Gasteiger partial charge in [-0.15, -0.1) is 0 Å². The summed E-state index contributed by atoms with van der Waals surface area (Å²) in [6.07, 6.45) is 0.360. The van der Waals surface area contributed by atoms with Crippen LogP contribution in [0.1, 0.15) is 13.3 Å². The molecule has 0 unspecified atom stereocenters. The molecule has 1 rings (SSSR count). The summed E-state index contributed by atoms with van der Waals surface area (Å²) in [7, 11) is 0. The fourth-order valence-electron chi connectivity index (χ4n) is 1.30. The van der Waals surface area contributed by atoms with Gasteiger partial charge >= 0.3 is 6.03 Å². The zero-order valence-corrected chi connectivity index (χ0v) is 11.2. The monoisotopic (exact) mass is 322 g/mol. The van der Waals surface area contributed by atoms with Crippen LogP contribution in [0, 0.1) is 11.6 Å². The summed E-state index contributed by atoms with van der Waals surface area (Å²) in [5.41, 5.74) is -0.508. The number of benzene rings is 1. The molecular weight excluding hydrogens is 310 g/mol. The number of amides is 2. The summed E-state index contributed by atoms with van der Waals surface area (Å²) >= 11 is 2.94. The third-order valence-electron chi connectivity index (χ3n) is 2.19. The van der Waals surface area contributed by atoms with Crippen molar-refractivity contribution in [2.75, 3.05) is 11.9 Å². The van der Waals surface area contributed by atoms with Crippen LogP contribution in [-0.2, 0) is 0 Å². The Balaban J connectivity index is 2.70. The molecule has 7 heteroatoms. The third kappa shape index (κ3) is 4.23. The van der Waals surface area contributed by atoms with E-state index < -0.39 is 23.4 Å². The molecule has 1 aromatic carbocycles. The van der Waals surface area contributed by atoms with Crippen molar-refractivity contribution in [2.24, 2.45) is 0 Å². The zero-order valence-electron chi connectivity index (χ0n) is 9.64. The van der Waals surface area contributed by atoms with Crippen LogP contribution in [0.5, 0.6) is 0 Å². The standard InChI is InChI=1S/C11H13BrF2N2O2/c1-6(2-3-17)15-11(18)16-10-8(13)4-7(12)5-9(10)14/h4-6,17H,2-3H2,1H3,(H2,15,16,18)/t6-/m1/s1. The van der Waals surface area contributed by atoms with Crippen LogP contribution in [0.25, 0.3) is 0 Å². The fourth-order valence-corrected chi connectivity index (χ4v) is 1.70. The van der Waals surface area contributed by atoms with Gasteiger partial charge in [0.1, 0.15) is 5.69 Å². The number of anilines is 1. The largest absolute Gasteiger partial charge is 0.396 e. The summed E-state index contributed by atoms with van der Waals surface area (Å²) in [4.78, 5) is 11.4. The SMILES string of the molecule is C[C@H](CCO)NC(=O)Nc1c(F)cc(Br)cc1F. The maximum Gasteiger partial charge on any atom is 0.319 e. The topological polar surface area (TPSA) is 61.4 Å². The molecule has 100 valence electrons. The maximum atomic E-state index is 13.4. The Morgan fingerprint density at radius 3 is 2.50 bits per heavy atom. The van der Waals surface area contributed by atoms with Crippen LogP contribution in [0.2, 0.25) is 0 Å². The third-order valence-corrected chi connectivity index (χ3v) is 2.64. The van der Waals surface area contributed by atoms with Crippen LogP contribution < -0.4 is 10.6 Å². The molecule has 0 aliphatic carbocycles. The van der Waals surface area contributed by atoms with Gasteiger partial charge in [-0.3, -0.25) is 0 Å². The van der Waals surface area contributed by atoms with Crippen molar-refractivity contribution < 1.29 is 18.7 Å². The van der Waals surface area contributed by atoms with E-state index >= 15 is 0 Å². The molecule has 0 aliphatic heterocycles.